The lowest BCUT2D eigenvalue weighted by Gasteiger charge is -2.09. The van der Waals surface area contributed by atoms with Crippen LogP contribution in [0.1, 0.15) is 5.56 Å². The highest BCUT2D eigenvalue weighted by Crippen LogP contribution is 2.22. The number of amides is 1. The van der Waals surface area contributed by atoms with Crippen LogP contribution in [0, 0.1) is 0 Å². The van der Waals surface area contributed by atoms with E-state index in [0.29, 0.717) is 30.5 Å². The molecule has 0 aromatic heterocycles. The lowest BCUT2D eigenvalue weighted by molar-refractivity contribution is -0.123. The van der Waals surface area contributed by atoms with Crippen LogP contribution in [-0.4, -0.2) is 25.7 Å². The molecule has 2 rings (SSSR count). The summed E-state index contributed by atoms with van der Waals surface area (Å²) in [4.78, 5) is 11.6. The summed E-state index contributed by atoms with van der Waals surface area (Å²) in [6.07, 6.45) is 0. The zero-order valence-corrected chi connectivity index (χ0v) is 12.9. The highest BCUT2D eigenvalue weighted by molar-refractivity contribution is 6.32. The second-order valence-electron chi connectivity index (χ2n) is 4.61. The minimum absolute atomic E-state index is 0.0670. The standard InChI is InChI=1S/C17H18ClNO3/c18-15-8-4-5-9-16(15)22-13-17(20)19-10-11-21-12-14-6-2-1-3-7-14/h1-9H,10-13H2,(H,19,20). The van der Waals surface area contributed by atoms with Gasteiger partial charge in [0.25, 0.3) is 5.91 Å². The Morgan fingerprint density at radius 1 is 1.05 bits per heavy atom. The number of carbonyl (C=O) groups is 1. The largest absolute Gasteiger partial charge is 0.482 e. The van der Waals surface area contributed by atoms with Gasteiger partial charge in [0, 0.05) is 6.54 Å². The molecule has 0 spiro atoms. The highest BCUT2D eigenvalue weighted by Gasteiger charge is 2.04. The second kappa shape index (κ2) is 9.07. The van der Waals surface area contributed by atoms with Gasteiger partial charge in [-0.05, 0) is 17.7 Å². The Balaban J connectivity index is 1.57. The Morgan fingerprint density at radius 3 is 2.55 bits per heavy atom. The maximum atomic E-state index is 11.6. The van der Waals surface area contributed by atoms with Crippen LogP contribution in [0.15, 0.2) is 54.6 Å². The van der Waals surface area contributed by atoms with E-state index in [1.165, 1.54) is 0 Å². The van der Waals surface area contributed by atoms with Crippen LogP contribution in [0.2, 0.25) is 5.02 Å². The summed E-state index contributed by atoms with van der Waals surface area (Å²) < 4.78 is 10.8. The van der Waals surface area contributed by atoms with Gasteiger partial charge in [-0.25, -0.2) is 0 Å². The molecular weight excluding hydrogens is 302 g/mol. The molecule has 0 radical (unpaired) electrons. The molecule has 0 unspecified atom stereocenters. The van der Waals surface area contributed by atoms with Crippen molar-refractivity contribution in [3.63, 3.8) is 0 Å². The summed E-state index contributed by atoms with van der Waals surface area (Å²) in [6.45, 7) is 1.36. The van der Waals surface area contributed by atoms with Gasteiger partial charge in [0.15, 0.2) is 6.61 Å². The fraction of sp³-hybridized carbons (Fsp3) is 0.235. The second-order valence-corrected chi connectivity index (χ2v) is 5.01. The molecule has 0 saturated carbocycles. The average molecular weight is 320 g/mol. The van der Waals surface area contributed by atoms with Crippen molar-refractivity contribution in [1.82, 2.24) is 5.32 Å². The molecule has 0 aliphatic rings. The van der Waals surface area contributed by atoms with Gasteiger partial charge >= 0.3 is 0 Å². The van der Waals surface area contributed by atoms with Gasteiger partial charge in [-0.15, -0.1) is 0 Å². The lowest BCUT2D eigenvalue weighted by Crippen LogP contribution is -2.31. The molecular formula is C17H18ClNO3. The molecule has 0 aliphatic carbocycles. The van der Waals surface area contributed by atoms with Crippen molar-refractivity contribution in [1.29, 1.82) is 0 Å². The van der Waals surface area contributed by atoms with E-state index in [2.05, 4.69) is 5.32 Å². The van der Waals surface area contributed by atoms with E-state index in [0.717, 1.165) is 5.56 Å². The van der Waals surface area contributed by atoms with E-state index < -0.39 is 0 Å². The van der Waals surface area contributed by atoms with E-state index in [4.69, 9.17) is 21.1 Å². The van der Waals surface area contributed by atoms with Crippen molar-refractivity contribution < 1.29 is 14.3 Å². The molecule has 22 heavy (non-hydrogen) atoms. The molecule has 0 atom stereocenters. The van der Waals surface area contributed by atoms with Gasteiger partial charge < -0.3 is 14.8 Å². The van der Waals surface area contributed by atoms with Gasteiger partial charge in [-0.2, -0.15) is 0 Å². The molecule has 4 nitrogen and oxygen atoms in total. The van der Waals surface area contributed by atoms with E-state index in [-0.39, 0.29) is 12.5 Å². The molecule has 0 fully saturated rings. The molecule has 2 aromatic carbocycles. The molecule has 2 aromatic rings. The smallest absolute Gasteiger partial charge is 0.258 e. The lowest BCUT2D eigenvalue weighted by atomic mass is 10.2. The topological polar surface area (TPSA) is 47.6 Å². The fourth-order valence-corrected chi connectivity index (χ4v) is 1.97. The average Bonchev–Trinajstić information content (AvgIpc) is 2.55. The van der Waals surface area contributed by atoms with Crippen LogP contribution in [0.5, 0.6) is 5.75 Å². The molecule has 116 valence electrons. The first-order chi connectivity index (χ1) is 10.8. The minimum atomic E-state index is -0.205. The molecule has 0 saturated heterocycles. The summed E-state index contributed by atoms with van der Waals surface area (Å²) in [5.74, 6) is 0.294. The summed E-state index contributed by atoms with van der Waals surface area (Å²) >= 11 is 5.93. The third-order valence-electron chi connectivity index (χ3n) is 2.88. The molecule has 5 heteroatoms. The van der Waals surface area contributed by atoms with Gasteiger partial charge in [0.05, 0.1) is 18.2 Å². The number of halogens is 1. The Hall–Kier alpha value is -2.04. The van der Waals surface area contributed by atoms with E-state index >= 15 is 0 Å². The highest BCUT2D eigenvalue weighted by atomic mass is 35.5. The van der Waals surface area contributed by atoms with Crippen LogP contribution in [0.3, 0.4) is 0 Å². The van der Waals surface area contributed by atoms with Gasteiger partial charge in [-0.1, -0.05) is 54.1 Å². The Kier molecular flexibility index (Phi) is 6.74. The first-order valence-electron chi connectivity index (χ1n) is 7.01. The Labute approximate surface area is 135 Å². The van der Waals surface area contributed by atoms with Crippen molar-refractivity contribution in [3.05, 3.63) is 65.2 Å². The minimum Gasteiger partial charge on any atom is -0.482 e. The fourth-order valence-electron chi connectivity index (χ4n) is 1.78. The number of ether oxygens (including phenoxy) is 2. The number of carbonyl (C=O) groups excluding carboxylic acids is 1. The number of para-hydroxylation sites is 1. The predicted octanol–water partition coefficient (Wildman–Crippen LogP) is 3.05. The summed E-state index contributed by atoms with van der Waals surface area (Å²) in [6, 6.07) is 16.9. The number of hydrogen-bond acceptors (Lipinski definition) is 3. The first-order valence-corrected chi connectivity index (χ1v) is 7.39. The summed E-state index contributed by atoms with van der Waals surface area (Å²) in [5, 5.41) is 3.21. The summed E-state index contributed by atoms with van der Waals surface area (Å²) in [7, 11) is 0. The quantitative estimate of drug-likeness (QED) is 0.761. The Morgan fingerprint density at radius 2 is 1.77 bits per heavy atom. The SMILES string of the molecule is O=C(COc1ccccc1Cl)NCCOCc1ccccc1. The van der Waals surface area contributed by atoms with Gasteiger partial charge in [-0.3, -0.25) is 4.79 Å². The van der Waals surface area contributed by atoms with Crippen molar-refractivity contribution in [2.75, 3.05) is 19.8 Å². The predicted molar refractivity (Wildman–Crippen MR) is 86.1 cm³/mol. The normalized spacial score (nSPS) is 10.2. The zero-order valence-electron chi connectivity index (χ0n) is 12.1. The molecule has 1 amide bonds. The van der Waals surface area contributed by atoms with Crippen molar-refractivity contribution >= 4 is 17.5 Å². The zero-order chi connectivity index (χ0) is 15.6. The molecule has 0 aliphatic heterocycles. The maximum Gasteiger partial charge on any atom is 0.258 e. The van der Waals surface area contributed by atoms with Gasteiger partial charge in [0.2, 0.25) is 0 Å². The summed E-state index contributed by atoms with van der Waals surface area (Å²) in [5.41, 5.74) is 1.11. The van der Waals surface area contributed by atoms with Gasteiger partial charge in [0.1, 0.15) is 5.75 Å². The maximum absolute atomic E-state index is 11.6. The van der Waals surface area contributed by atoms with E-state index in [1.54, 1.807) is 24.3 Å². The monoisotopic (exact) mass is 319 g/mol. The van der Waals surface area contributed by atoms with Crippen LogP contribution < -0.4 is 10.1 Å². The van der Waals surface area contributed by atoms with Crippen LogP contribution in [0.25, 0.3) is 0 Å². The molecule has 0 bridgehead atoms. The van der Waals surface area contributed by atoms with Crippen molar-refractivity contribution in [2.24, 2.45) is 0 Å². The number of benzene rings is 2. The van der Waals surface area contributed by atoms with Crippen molar-refractivity contribution in [2.45, 2.75) is 6.61 Å². The van der Waals surface area contributed by atoms with Crippen LogP contribution in [0.4, 0.5) is 0 Å². The van der Waals surface area contributed by atoms with E-state index in [9.17, 15) is 4.79 Å². The third-order valence-corrected chi connectivity index (χ3v) is 3.19. The Bertz CT molecular complexity index is 589. The van der Waals surface area contributed by atoms with Crippen LogP contribution >= 0.6 is 11.6 Å². The first kappa shape index (κ1) is 16.3. The van der Waals surface area contributed by atoms with Crippen LogP contribution in [-0.2, 0) is 16.1 Å². The third kappa shape index (κ3) is 5.76. The van der Waals surface area contributed by atoms with E-state index in [1.807, 2.05) is 30.3 Å². The van der Waals surface area contributed by atoms with Crippen molar-refractivity contribution in [3.8, 4) is 5.75 Å². The molecule has 1 N–H and O–H groups in total. The molecule has 0 heterocycles. The number of hydrogen-bond donors (Lipinski definition) is 1. The number of rotatable bonds is 8. The number of nitrogens with one attached hydrogen (secondary N) is 1.